The molecule has 0 radical (unpaired) electrons. The topological polar surface area (TPSA) is 67.2 Å². The van der Waals surface area contributed by atoms with Gasteiger partial charge in [-0.05, 0) is 47.7 Å². The van der Waals surface area contributed by atoms with Crippen LogP contribution in [0.3, 0.4) is 0 Å². The van der Waals surface area contributed by atoms with E-state index in [9.17, 15) is 13.6 Å². The largest absolute Gasteiger partial charge is 0.300 e. The number of benzene rings is 2. The number of carbonyl (C=O) groups excluding carboxylic acids is 1. The summed E-state index contributed by atoms with van der Waals surface area (Å²) >= 11 is 0.977. The molecule has 2 aromatic carbocycles. The quantitative estimate of drug-likeness (QED) is 0.726. The van der Waals surface area contributed by atoms with Crippen molar-refractivity contribution in [3.8, 4) is 0 Å². The van der Waals surface area contributed by atoms with Crippen molar-refractivity contribution >= 4 is 45.6 Å². The van der Waals surface area contributed by atoms with Crippen LogP contribution in [0.5, 0.6) is 0 Å². The van der Waals surface area contributed by atoms with Crippen molar-refractivity contribution in [2.75, 3.05) is 0 Å². The summed E-state index contributed by atoms with van der Waals surface area (Å²) in [6, 6.07) is 8.82. The van der Waals surface area contributed by atoms with Crippen LogP contribution in [0.25, 0.3) is 17.1 Å². The predicted molar refractivity (Wildman–Crippen MR) is 97.1 cm³/mol. The van der Waals surface area contributed by atoms with E-state index in [1.165, 1.54) is 6.07 Å². The molecular formula is C18H10F2N4OS. The van der Waals surface area contributed by atoms with Crippen molar-refractivity contribution in [2.24, 2.45) is 4.99 Å². The van der Waals surface area contributed by atoms with Gasteiger partial charge in [0.05, 0.1) is 21.6 Å². The van der Waals surface area contributed by atoms with Crippen LogP contribution in [0.2, 0.25) is 0 Å². The van der Waals surface area contributed by atoms with Crippen molar-refractivity contribution < 1.29 is 13.6 Å². The Morgan fingerprint density at radius 2 is 1.81 bits per heavy atom. The smallest absolute Gasteiger partial charge is 0.289 e. The molecule has 0 unspecified atom stereocenters. The summed E-state index contributed by atoms with van der Waals surface area (Å²) in [5.74, 6) is -1.67. The lowest BCUT2D eigenvalue weighted by atomic mass is 10.1. The van der Waals surface area contributed by atoms with Crippen LogP contribution in [0.1, 0.15) is 5.56 Å². The van der Waals surface area contributed by atoms with E-state index < -0.39 is 11.6 Å². The van der Waals surface area contributed by atoms with Crippen LogP contribution in [0.4, 0.5) is 19.3 Å². The van der Waals surface area contributed by atoms with Gasteiger partial charge in [-0.3, -0.25) is 14.8 Å². The van der Waals surface area contributed by atoms with Crippen molar-refractivity contribution in [3.05, 3.63) is 70.9 Å². The van der Waals surface area contributed by atoms with E-state index >= 15 is 0 Å². The van der Waals surface area contributed by atoms with Crippen LogP contribution in [-0.2, 0) is 0 Å². The van der Waals surface area contributed by atoms with Gasteiger partial charge >= 0.3 is 0 Å². The Morgan fingerprint density at radius 1 is 1.00 bits per heavy atom. The first-order valence-corrected chi connectivity index (χ1v) is 8.35. The van der Waals surface area contributed by atoms with Crippen LogP contribution in [-0.4, -0.2) is 21.0 Å². The minimum absolute atomic E-state index is 0.206. The molecule has 1 N–H and O–H groups in total. The van der Waals surface area contributed by atoms with E-state index in [0.29, 0.717) is 4.91 Å². The molecule has 0 saturated carbocycles. The average Bonchev–Trinajstić information content (AvgIpc) is 2.97. The van der Waals surface area contributed by atoms with E-state index in [0.717, 1.165) is 40.5 Å². The van der Waals surface area contributed by atoms with Crippen LogP contribution < -0.4 is 5.32 Å². The molecule has 128 valence electrons. The van der Waals surface area contributed by atoms with E-state index in [2.05, 4.69) is 20.3 Å². The van der Waals surface area contributed by atoms with Gasteiger partial charge in [0.25, 0.3) is 5.24 Å². The van der Waals surface area contributed by atoms with Gasteiger partial charge in [0.15, 0.2) is 11.6 Å². The van der Waals surface area contributed by atoms with E-state index in [1.54, 1.807) is 18.5 Å². The molecule has 1 aromatic heterocycles. The molecule has 26 heavy (non-hydrogen) atoms. The number of rotatable bonds is 2. The molecule has 1 saturated heterocycles. The zero-order valence-electron chi connectivity index (χ0n) is 13.1. The van der Waals surface area contributed by atoms with Crippen LogP contribution >= 0.6 is 11.8 Å². The first kappa shape index (κ1) is 16.3. The summed E-state index contributed by atoms with van der Waals surface area (Å²) in [5.41, 5.74) is 2.51. The Kier molecular flexibility index (Phi) is 4.18. The second kappa shape index (κ2) is 6.64. The molecule has 4 rings (SSSR count). The molecule has 1 aliphatic rings. The van der Waals surface area contributed by atoms with Gasteiger partial charge < -0.3 is 5.32 Å². The second-order valence-electron chi connectivity index (χ2n) is 5.39. The number of aromatic nitrogens is 2. The fourth-order valence-electron chi connectivity index (χ4n) is 2.42. The molecule has 3 aromatic rings. The molecule has 8 heteroatoms. The molecular weight excluding hydrogens is 358 g/mol. The summed E-state index contributed by atoms with van der Waals surface area (Å²) < 4.78 is 26.4. The predicted octanol–water partition coefficient (Wildman–Crippen LogP) is 4.44. The lowest BCUT2D eigenvalue weighted by Crippen LogP contribution is -2.18. The number of nitrogens with zero attached hydrogens (tertiary/aromatic N) is 3. The highest BCUT2D eigenvalue weighted by atomic mass is 32.2. The van der Waals surface area contributed by atoms with Crippen molar-refractivity contribution in [1.82, 2.24) is 15.3 Å². The Balaban J connectivity index is 1.72. The number of amides is 1. The van der Waals surface area contributed by atoms with Crippen molar-refractivity contribution in [1.29, 1.82) is 0 Å². The molecule has 1 amide bonds. The van der Waals surface area contributed by atoms with Crippen LogP contribution in [0.15, 0.2) is 58.7 Å². The lowest BCUT2D eigenvalue weighted by Gasteiger charge is -2.02. The van der Waals surface area contributed by atoms with Gasteiger partial charge in [0.2, 0.25) is 0 Å². The zero-order valence-corrected chi connectivity index (χ0v) is 13.9. The van der Waals surface area contributed by atoms with Crippen LogP contribution in [0, 0.1) is 11.6 Å². The molecule has 0 aliphatic carbocycles. The molecule has 1 aliphatic heterocycles. The monoisotopic (exact) mass is 368 g/mol. The highest BCUT2D eigenvalue weighted by molar-refractivity contribution is 8.18. The lowest BCUT2D eigenvalue weighted by molar-refractivity contribution is 0.265. The fourth-order valence-corrected chi connectivity index (χ4v) is 3.15. The van der Waals surface area contributed by atoms with Gasteiger partial charge in [-0.25, -0.2) is 13.8 Å². The maximum atomic E-state index is 13.4. The van der Waals surface area contributed by atoms with Crippen molar-refractivity contribution in [3.63, 3.8) is 0 Å². The normalized spacial score (nSPS) is 17.2. The van der Waals surface area contributed by atoms with Gasteiger partial charge in [0.1, 0.15) is 5.84 Å². The minimum Gasteiger partial charge on any atom is -0.300 e. The Bertz CT molecular complexity index is 1100. The van der Waals surface area contributed by atoms with Gasteiger partial charge in [-0.1, -0.05) is 6.07 Å². The van der Waals surface area contributed by atoms with E-state index in [1.807, 2.05) is 18.2 Å². The number of fused-ring (bicyclic) bond motifs is 1. The third-order valence-electron chi connectivity index (χ3n) is 3.59. The molecule has 1 fully saturated rings. The standard InChI is InChI=1S/C18H10F2N4OS/c19-12-3-2-11(9-13(12)20)23-17-16(26-18(25)24-17)8-10-1-4-14-15(7-10)22-6-5-21-14/h1-9H,(H,23,24,25)/b16-8-. The van der Waals surface area contributed by atoms with Crippen molar-refractivity contribution in [2.45, 2.75) is 0 Å². The summed E-state index contributed by atoms with van der Waals surface area (Å²) in [7, 11) is 0. The molecule has 5 nitrogen and oxygen atoms in total. The van der Waals surface area contributed by atoms with Gasteiger partial charge in [-0.2, -0.15) is 0 Å². The molecule has 2 heterocycles. The summed E-state index contributed by atoms with van der Waals surface area (Å²) in [6.07, 6.45) is 4.99. The summed E-state index contributed by atoms with van der Waals surface area (Å²) in [4.78, 5) is 25.0. The fraction of sp³-hybridized carbons (Fsp3) is 0. The maximum Gasteiger partial charge on any atom is 0.289 e. The first-order valence-electron chi connectivity index (χ1n) is 7.54. The molecule has 0 bridgehead atoms. The van der Waals surface area contributed by atoms with Gasteiger partial charge in [0, 0.05) is 18.5 Å². The number of thioether (sulfide) groups is 1. The average molecular weight is 368 g/mol. The molecule has 0 atom stereocenters. The number of amidine groups is 1. The van der Waals surface area contributed by atoms with Gasteiger partial charge in [-0.15, -0.1) is 0 Å². The number of nitrogens with one attached hydrogen (secondary N) is 1. The maximum absolute atomic E-state index is 13.4. The number of aliphatic imine (C=N–C) groups is 1. The third-order valence-corrected chi connectivity index (χ3v) is 4.41. The van der Waals surface area contributed by atoms with E-state index in [4.69, 9.17) is 0 Å². The number of halogens is 2. The van der Waals surface area contributed by atoms with E-state index in [-0.39, 0.29) is 16.8 Å². The highest BCUT2D eigenvalue weighted by Crippen LogP contribution is 2.29. The second-order valence-corrected chi connectivity index (χ2v) is 6.40. The first-order chi connectivity index (χ1) is 12.6. The SMILES string of the molecule is O=C1NC(=Nc2ccc(F)c(F)c2)/C(=C/c2ccc3nccnc3c2)S1. The Labute approximate surface area is 150 Å². The number of carbonyl (C=O) groups is 1. The number of hydrogen-bond acceptors (Lipinski definition) is 5. The molecule has 0 spiro atoms. The Hall–Kier alpha value is -3.13. The minimum atomic E-state index is -0.998. The summed E-state index contributed by atoms with van der Waals surface area (Å²) in [5, 5.41) is 2.31. The Morgan fingerprint density at radius 3 is 2.62 bits per heavy atom. The summed E-state index contributed by atoms with van der Waals surface area (Å²) in [6.45, 7) is 0. The zero-order chi connectivity index (χ0) is 18.1. The number of hydrogen-bond donors (Lipinski definition) is 1. The highest BCUT2D eigenvalue weighted by Gasteiger charge is 2.23. The third kappa shape index (κ3) is 3.31.